The molecule has 1 saturated carbocycles. The third-order valence-corrected chi connectivity index (χ3v) is 29.3. The molecule has 5 aliphatic carbocycles. The molecule has 5 aliphatic rings. The minimum Gasteiger partial charge on any atom is -0.310 e. The van der Waals surface area contributed by atoms with Gasteiger partial charge in [-0.2, -0.15) is 0 Å². The highest BCUT2D eigenvalue weighted by Crippen LogP contribution is 2.59. The maximum atomic E-state index is 2.58. The number of nitrogens with zero attached hydrogens (tertiary/aromatic N) is 2. The molecule has 12 aromatic carbocycles. The molecule has 108 heavy (non-hydrogen) atoms. The van der Waals surface area contributed by atoms with Crippen LogP contribution in [0.4, 0.5) is 34.1 Å². The van der Waals surface area contributed by atoms with Crippen LogP contribution < -0.4 is 9.80 Å². The van der Waals surface area contributed by atoms with Gasteiger partial charge in [0, 0.05) is 96.1 Å². The Balaban J connectivity index is 0.656. The number of fused-ring (bicyclic) bond motifs is 18. The number of hydrogen-bond donors (Lipinski definition) is 0. The van der Waals surface area contributed by atoms with Crippen LogP contribution in [-0.2, 0) is 38.9 Å². The average Bonchev–Trinajstić information content (AvgIpc) is 1.58. The lowest BCUT2D eigenvalue weighted by molar-refractivity contribution is 0.446. The zero-order chi connectivity index (χ0) is 74.8. The van der Waals surface area contributed by atoms with Gasteiger partial charge < -0.3 is 9.80 Å². The van der Waals surface area contributed by atoms with Crippen LogP contribution in [0.3, 0.4) is 0 Å². The van der Waals surface area contributed by atoms with E-state index in [-0.39, 0.29) is 32.5 Å². The molecule has 540 valence electrons. The van der Waals surface area contributed by atoms with Crippen LogP contribution in [0.1, 0.15) is 245 Å². The Morgan fingerprint density at radius 3 is 1.31 bits per heavy atom. The molecule has 2 nitrogen and oxygen atoms in total. The van der Waals surface area contributed by atoms with E-state index < -0.39 is 0 Å². The van der Waals surface area contributed by atoms with Gasteiger partial charge >= 0.3 is 0 Å². The number of anilines is 6. The molecular formula is C104H102N2S2. The Kier molecular flexibility index (Phi) is 15.6. The second kappa shape index (κ2) is 24.3. The fourth-order valence-corrected chi connectivity index (χ4v) is 23.2. The lowest BCUT2D eigenvalue weighted by Crippen LogP contribution is -2.22. The van der Waals surface area contributed by atoms with Crippen LogP contribution in [0.2, 0.25) is 0 Å². The van der Waals surface area contributed by atoms with Crippen molar-refractivity contribution in [3.05, 3.63) is 296 Å². The minimum absolute atomic E-state index is 0.0564. The Morgan fingerprint density at radius 1 is 0.352 bits per heavy atom. The summed E-state index contributed by atoms with van der Waals surface area (Å²) in [7, 11) is 0. The lowest BCUT2D eigenvalue weighted by Gasteiger charge is -2.30. The summed E-state index contributed by atoms with van der Waals surface area (Å²) in [6, 6.07) is 87.3. The topological polar surface area (TPSA) is 6.48 Å². The number of benzene rings is 12. The van der Waals surface area contributed by atoms with Crippen molar-refractivity contribution in [2.24, 2.45) is 0 Å². The molecule has 0 saturated heterocycles. The summed E-state index contributed by atoms with van der Waals surface area (Å²) in [4.78, 5) is 5.13. The maximum Gasteiger partial charge on any atom is 0.0476 e. The predicted molar refractivity (Wildman–Crippen MR) is 468 cm³/mol. The van der Waals surface area contributed by atoms with E-state index in [1.54, 1.807) is 5.56 Å². The first-order valence-electron chi connectivity index (χ1n) is 40.2. The minimum atomic E-state index is -0.248. The van der Waals surface area contributed by atoms with Crippen molar-refractivity contribution in [2.45, 2.75) is 206 Å². The largest absolute Gasteiger partial charge is 0.310 e. The van der Waals surface area contributed by atoms with Gasteiger partial charge in [0.15, 0.2) is 0 Å². The molecule has 0 spiro atoms. The van der Waals surface area contributed by atoms with E-state index in [1.807, 2.05) is 22.7 Å². The van der Waals surface area contributed by atoms with Crippen LogP contribution in [0.25, 0.3) is 84.9 Å². The van der Waals surface area contributed by atoms with E-state index in [0.29, 0.717) is 17.8 Å². The molecule has 0 amide bonds. The first-order chi connectivity index (χ1) is 51.5. The van der Waals surface area contributed by atoms with Crippen LogP contribution >= 0.6 is 22.7 Å². The molecule has 0 unspecified atom stereocenters. The molecule has 0 atom stereocenters. The van der Waals surface area contributed by atoms with E-state index in [0.717, 1.165) is 6.42 Å². The van der Waals surface area contributed by atoms with Gasteiger partial charge in [-0.25, -0.2) is 0 Å². The predicted octanol–water partition coefficient (Wildman–Crippen LogP) is 30.7. The quantitative estimate of drug-likeness (QED) is 0.120. The van der Waals surface area contributed by atoms with Crippen molar-refractivity contribution in [3.8, 4) is 44.5 Å². The summed E-state index contributed by atoms with van der Waals surface area (Å²) >= 11 is 3.98. The monoisotopic (exact) mass is 1440 g/mol. The molecule has 19 rings (SSSR count). The van der Waals surface area contributed by atoms with Crippen molar-refractivity contribution in [1.29, 1.82) is 0 Å². The van der Waals surface area contributed by atoms with Crippen molar-refractivity contribution in [3.63, 3.8) is 0 Å². The smallest absolute Gasteiger partial charge is 0.0476 e. The van der Waals surface area contributed by atoms with Gasteiger partial charge in [0.25, 0.3) is 0 Å². The third-order valence-electron chi connectivity index (χ3n) is 26.9. The molecule has 0 bridgehead atoms. The number of thiophene rings is 2. The molecular weight excluding hydrogens is 1340 g/mol. The Morgan fingerprint density at radius 2 is 0.787 bits per heavy atom. The third kappa shape index (κ3) is 10.5. The molecule has 0 N–H and O–H groups in total. The first kappa shape index (κ1) is 69.2. The SMILES string of the molecule is CC(C)c1cc(C(C)C)c2sc3cc(N(c4ccc5c(c4)C(C)(C)c4ccc(CC(C)(C)c6ccc7c(c6)C(C)(C)c6cc(N(c8ccc9c(c8)C(C)(C)c8ccccc8-9)c8ccc9c(c8)sc8c(C%10CCCCC%10)cccc89)ccc6-7)cc4-5)c4ccc5c(c4)C(C)(C)c4cc(C(C)(C)C)ccc4-5)ccc3c2c1. The van der Waals surface area contributed by atoms with E-state index in [1.165, 1.54) is 223 Å². The van der Waals surface area contributed by atoms with Crippen molar-refractivity contribution in [1.82, 2.24) is 0 Å². The van der Waals surface area contributed by atoms with E-state index in [9.17, 15) is 0 Å². The summed E-state index contributed by atoms with van der Waals surface area (Å²) in [6.07, 6.45) is 7.55. The highest BCUT2D eigenvalue weighted by Gasteiger charge is 2.43. The highest BCUT2D eigenvalue weighted by atomic mass is 32.1. The summed E-state index contributed by atoms with van der Waals surface area (Å²) in [6.45, 7) is 40.8. The fourth-order valence-electron chi connectivity index (χ4n) is 20.5. The van der Waals surface area contributed by atoms with Gasteiger partial charge in [-0.05, 0) is 249 Å². The van der Waals surface area contributed by atoms with Crippen molar-refractivity contribution >= 4 is 97.1 Å². The summed E-state index contributed by atoms with van der Waals surface area (Å²) in [5.74, 6) is 1.53. The molecule has 2 heterocycles. The zero-order valence-corrected chi connectivity index (χ0v) is 68.1. The molecule has 0 radical (unpaired) electrons. The van der Waals surface area contributed by atoms with Crippen LogP contribution in [-0.4, -0.2) is 0 Å². The molecule has 14 aromatic rings. The Hall–Kier alpha value is -9.32. The van der Waals surface area contributed by atoms with Crippen LogP contribution in [0.5, 0.6) is 0 Å². The Labute approximate surface area is 649 Å². The van der Waals surface area contributed by atoms with Crippen LogP contribution in [0, 0.1) is 0 Å². The van der Waals surface area contributed by atoms with Gasteiger partial charge in [-0.1, -0.05) is 276 Å². The Bertz CT molecular complexity index is 6110. The molecule has 0 aliphatic heterocycles. The summed E-state index contributed by atoms with van der Waals surface area (Å²) < 4.78 is 5.58. The van der Waals surface area contributed by atoms with Crippen molar-refractivity contribution in [2.75, 3.05) is 9.80 Å². The zero-order valence-electron chi connectivity index (χ0n) is 66.5. The summed E-state index contributed by atoms with van der Waals surface area (Å²) in [5.41, 5.74) is 36.7. The van der Waals surface area contributed by atoms with E-state index >= 15 is 0 Å². The van der Waals surface area contributed by atoms with E-state index in [4.69, 9.17) is 0 Å². The highest BCUT2D eigenvalue weighted by molar-refractivity contribution is 7.26. The van der Waals surface area contributed by atoms with Gasteiger partial charge in [0.05, 0.1) is 0 Å². The standard InChI is InChI=1S/C104H102N2S2/c1-60(2)64-49-84(61(3)4)98-86(50-64)82-46-38-72(58-96(82)108-98)106(68-34-42-78-75-39-31-65(99(5,6)7)51-89(75)103(14,15)92(78)54-68)70-36-44-80-85-48-62(30-47-88(85)102(12,13)94(80)56-70)59-100(8,9)66-32-40-76-79-43-35-69(55-93(79)104(16,17)90(76)52-66)105(67-33-41-77-74-26-21-22-29-87(74)101(10,11)91(77)53-67)71-37-45-81-83-28-23-27-73(63-24-19-18-20-25-63)97(83)107-95(81)57-71/h21-23,26-58,60-61,63H,18-20,24-25,59H2,1-17H3. The average molecular weight is 1440 g/mol. The molecule has 1 fully saturated rings. The maximum absolute atomic E-state index is 2.58. The number of hydrogen-bond acceptors (Lipinski definition) is 4. The van der Waals surface area contributed by atoms with Gasteiger partial charge in [-0.15, -0.1) is 22.7 Å². The second-order valence-corrected chi connectivity index (χ2v) is 39.4. The normalized spacial score (nSPS) is 16.3. The van der Waals surface area contributed by atoms with Gasteiger partial charge in [0.1, 0.15) is 0 Å². The van der Waals surface area contributed by atoms with E-state index in [2.05, 4.69) is 346 Å². The number of rotatable bonds is 12. The second-order valence-electron chi connectivity index (χ2n) is 37.3. The van der Waals surface area contributed by atoms with Crippen molar-refractivity contribution < 1.29 is 0 Å². The first-order valence-corrected chi connectivity index (χ1v) is 41.9. The molecule has 2 aromatic heterocycles. The van der Waals surface area contributed by atoms with Gasteiger partial charge in [-0.3, -0.25) is 0 Å². The molecule has 4 heteroatoms. The fraction of sp³-hybridized carbons (Fsp3) is 0.308. The van der Waals surface area contributed by atoms with Crippen LogP contribution in [0.15, 0.2) is 218 Å². The lowest BCUT2D eigenvalue weighted by atomic mass is 9.75. The van der Waals surface area contributed by atoms with Gasteiger partial charge in [0.2, 0.25) is 0 Å². The summed E-state index contributed by atoms with van der Waals surface area (Å²) in [5, 5.41) is 5.50.